The molecule has 0 fully saturated rings. The monoisotopic (exact) mass is 195 g/mol. The normalized spacial score (nSPS) is 11.7. The van der Waals surface area contributed by atoms with Crippen molar-refractivity contribution in [2.75, 3.05) is 6.61 Å². The first-order valence-corrected chi connectivity index (χ1v) is 4.92. The SMILES string of the molecule is CC(=O)NS(=O)(=O)OCC(C)C. The van der Waals surface area contributed by atoms with Gasteiger partial charge >= 0.3 is 10.3 Å². The minimum absolute atomic E-state index is 0.0720. The zero-order valence-corrected chi connectivity index (χ0v) is 8.14. The Hall–Kier alpha value is -0.620. The molecule has 0 aromatic heterocycles. The van der Waals surface area contributed by atoms with E-state index in [1.807, 2.05) is 13.8 Å². The third-order valence-electron chi connectivity index (χ3n) is 0.825. The molecule has 0 radical (unpaired) electrons. The van der Waals surface area contributed by atoms with Crippen molar-refractivity contribution in [1.82, 2.24) is 4.72 Å². The fourth-order valence-corrected chi connectivity index (χ4v) is 1.29. The Kier molecular flexibility index (Phi) is 4.19. The molecule has 0 aromatic rings. The summed E-state index contributed by atoms with van der Waals surface area (Å²) in [6.45, 7) is 4.80. The molecule has 1 N–H and O–H groups in total. The maximum Gasteiger partial charge on any atom is 0.362 e. The Balaban J connectivity index is 3.98. The van der Waals surface area contributed by atoms with Crippen LogP contribution in [0.1, 0.15) is 20.8 Å². The maximum atomic E-state index is 10.8. The van der Waals surface area contributed by atoms with E-state index in [9.17, 15) is 13.2 Å². The summed E-state index contributed by atoms with van der Waals surface area (Å²) in [6, 6.07) is 0. The first-order chi connectivity index (χ1) is 5.33. The van der Waals surface area contributed by atoms with Gasteiger partial charge in [-0.15, -0.1) is 0 Å². The molecule has 5 nitrogen and oxygen atoms in total. The number of rotatable bonds is 4. The van der Waals surface area contributed by atoms with Gasteiger partial charge in [0.15, 0.2) is 0 Å². The molecule has 0 aliphatic heterocycles. The van der Waals surface area contributed by atoms with Crippen LogP contribution in [0.15, 0.2) is 0 Å². The minimum Gasteiger partial charge on any atom is -0.274 e. The lowest BCUT2D eigenvalue weighted by Gasteiger charge is -2.06. The molecule has 0 atom stereocenters. The van der Waals surface area contributed by atoms with E-state index in [2.05, 4.69) is 4.18 Å². The van der Waals surface area contributed by atoms with Crippen molar-refractivity contribution in [3.8, 4) is 0 Å². The van der Waals surface area contributed by atoms with Crippen molar-refractivity contribution in [2.24, 2.45) is 5.92 Å². The van der Waals surface area contributed by atoms with Gasteiger partial charge in [0.25, 0.3) is 0 Å². The van der Waals surface area contributed by atoms with Gasteiger partial charge in [-0.3, -0.25) is 8.98 Å². The van der Waals surface area contributed by atoms with E-state index in [1.165, 1.54) is 0 Å². The molecule has 0 aliphatic rings. The van der Waals surface area contributed by atoms with Crippen LogP contribution in [-0.4, -0.2) is 20.9 Å². The van der Waals surface area contributed by atoms with Crippen LogP contribution >= 0.6 is 0 Å². The Morgan fingerprint density at radius 3 is 2.33 bits per heavy atom. The van der Waals surface area contributed by atoms with Gasteiger partial charge in [0.05, 0.1) is 6.61 Å². The van der Waals surface area contributed by atoms with Gasteiger partial charge in [0.2, 0.25) is 5.91 Å². The molecule has 1 amide bonds. The Bertz CT molecular complexity index is 244. The van der Waals surface area contributed by atoms with Gasteiger partial charge in [-0.25, -0.2) is 4.72 Å². The Morgan fingerprint density at radius 2 is 2.00 bits per heavy atom. The summed E-state index contributed by atoms with van der Waals surface area (Å²) >= 11 is 0. The smallest absolute Gasteiger partial charge is 0.274 e. The first-order valence-electron chi connectivity index (χ1n) is 3.51. The lowest BCUT2D eigenvalue weighted by Crippen LogP contribution is -2.30. The molecule has 0 rings (SSSR count). The van der Waals surface area contributed by atoms with E-state index in [4.69, 9.17) is 0 Å². The molecule has 72 valence electrons. The van der Waals surface area contributed by atoms with Crippen molar-refractivity contribution in [3.63, 3.8) is 0 Å². The summed E-state index contributed by atoms with van der Waals surface area (Å²) in [5.74, 6) is -0.549. The van der Waals surface area contributed by atoms with Crippen molar-refractivity contribution in [1.29, 1.82) is 0 Å². The zero-order chi connectivity index (χ0) is 9.78. The van der Waals surface area contributed by atoms with Crippen molar-refractivity contribution < 1.29 is 17.4 Å². The third kappa shape index (κ3) is 6.11. The largest absolute Gasteiger partial charge is 0.362 e. The van der Waals surface area contributed by atoms with E-state index < -0.39 is 16.2 Å². The quantitative estimate of drug-likeness (QED) is 0.687. The van der Waals surface area contributed by atoms with E-state index in [1.54, 1.807) is 4.72 Å². The highest BCUT2D eigenvalue weighted by Gasteiger charge is 2.12. The van der Waals surface area contributed by atoms with Crippen LogP contribution in [0.25, 0.3) is 0 Å². The number of carbonyl (C=O) groups excluding carboxylic acids is 1. The number of hydrogen-bond donors (Lipinski definition) is 1. The number of hydrogen-bond acceptors (Lipinski definition) is 4. The molecule has 0 spiro atoms. The van der Waals surface area contributed by atoms with Gasteiger partial charge in [-0.2, -0.15) is 8.42 Å². The topological polar surface area (TPSA) is 72.5 Å². The second kappa shape index (κ2) is 4.42. The highest BCUT2D eigenvalue weighted by atomic mass is 32.2. The predicted octanol–water partition coefficient (Wildman–Crippen LogP) is 0.0399. The van der Waals surface area contributed by atoms with Gasteiger partial charge in [-0.05, 0) is 5.92 Å². The summed E-state index contributed by atoms with van der Waals surface area (Å²) < 4.78 is 27.7. The second-order valence-electron chi connectivity index (χ2n) is 2.79. The maximum absolute atomic E-state index is 10.8. The molecule has 0 unspecified atom stereocenters. The van der Waals surface area contributed by atoms with Crippen LogP contribution in [0.4, 0.5) is 0 Å². The summed E-state index contributed by atoms with van der Waals surface area (Å²) in [5, 5.41) is 0. The summed E-state index contributed by atoms with van der Waals surface area (Å²) in [6.07, 6.45) is 0. The molecular weight excluding hydrogens is 182 g/mol. The number of nitrogens with one attached hydrogen (secondary N) is 1. The zero-order valence-electron chi connectivity index (χ0n) is 7.33. The Morgan fingerprint density at radius 1 is 1.50 bits per heavy atom. The molecule has 6 heteroatoms. The van der Waals surface area contributed by atoms with Crippen LogP contribution in [-0.2, 0) is 19.3 Å². The van der Waals surface area contributed by atoms with E-state index in [0.717, 1.165) is 6.92 Å². The average Bonchev–Trinajstić information content (AvgIpc) is 1.81. The third-order valence-corrected chi connectivity index (χ3v) is 1.81. The molecular formula is C6H13NO4S. The molecule has 12 heavy (non-hydrogen) atoms. The van der Waals surface area contributed by atoms with Crippen molar-refractivity contribution in [3.05, 3.63) is 0 Å². The molecule has 0 heterocycles. The van der Waals surface area contributed by atoms with Gasteiger partial charge in [0.1, 0.15) is 0 Å². The summed E-state index contributed by atoms with van der Waals surface area (Å²) in [7, 11) is -3.88. The Labute approximate surface area is 72.4 Å². The fourth-order valence-electron chi connectivity index (χ4n) is 0.431. The lowest BCUT2D eigenvalue weighted by molar-refractivity contribution is -0.117. The highest BCUT2D eigenvalue weighted by molar-refractivity contribution is 7.85. The lowest BCUT2D eigenvalue weighted by atomic mass is 10.2. The van der Waals surface area contributed by atoms with Crippen LogP contribution < -0.4 is 4.72 Å². The van der Waals surface area contributed by atoms with Crippen molar-refractivity contribution in [2.45, 2.75) is 20.8 Å². The van der Waals surface area contributed by atoms with Crippen LogP contribution in [0, 0.1) is 5.92 Å². The first kappa shape index (κ1) is 11.4. The molecule has 0 aliphatic carbocycles. The predicted molar refractivity (Wildman–Crippen MR) is 43.5 cm³/mol. The standard InChI is InChI=1S/C6H13NO4S/c1-5(2)4-11-12(9,10)7-6(3)8/h5H,4H2,1-3H3,(H,7,8). The van der Waals surface area contributed by atoms with Gasteiger partial charge in [-0.1, -0.05) is 13.8 Å². The minimum atomic E-state index is -3.88. The molecule has 0 saturated carbocycles. The van der Waals surface area contributed by atoms with Crippen molar-refractivity contribution >= 4 is 16.2 Å². The summed E-state index contributed by atoms with van der Waals surface area (Å²) in [5.41, 5.74) is 0. The molecule has 0 saturated heterocycles. The van der Waals surface area contributed by atoms with E-state index in [0.29, 0.717) is 0 Å². The van der Waals surface area contributed by atoms with E-state index >= 15 is 0 Å². The van der Waals surface area contributed by atoms with Gasteiger partial charge in [0, 0.05) is 6.92 Å². The highest BCUT2D eigenvalue weighted by Crippen LogP contribution is 1.96. The average molecular weight is 195 g/mol. The number of carbonyl (C=O) groups is 1. The summed E-state index contributed by atoms with van der Waals surface area (Å²) in [4.78, 5) is 10.3. The van der Waals surface area contributed by atoms with Crippen LogP contribution in [0.5, 0.6) is 0 Å². The second-order valence-corrected chi connectivity index (χ2v) is 4.14. The van der Waals surface area contributed by atoms with Crippen LogP contribution in [0.3, 0.4) is 0 Å². The van der Waals surface area contributed by atoms with Crippen LogP contribution in [0.2, 0.25) is 0 Å². The molecule has 0 bridgehead atoms. The molecule has 0 aromatic carbocycles. The van der Waals surface area contributed by atoms with E-state index in [-0.39, 0.29) is 12.5 Å². The number of amides is 1. The van der Waals surface area contributed by atoms with Gasteiger partial charge < -0.3 is 0 Å². The fraction of sp³-hybridized carbons (Fsp3) is 0.833.